The summed E-state index contributed by atoms with van der Waals surface area (Å²) in [5.74, 6) is -0.0194. The molecule has 1 aliphatic heterocycles. The first-order valence-corrected chi connectivity index (χ1v) is 9.66. The Bertz CT molecular complexity index is 1060. The highest BCUT2D eigenvalue weighted by molar-refractivity contribution is 5.94. The number of aromatic hydroxyl groups is 1. The van der Waals surface area contributed by atoms with Gasteiger partial charge in [-0.05, 0) is 36.4 Å². The van der Waals surface area contributed by atoms with Crippen molar-refractivity contribution >= 4 is 10.9 Å². The van der Waals surface area contributed by atoms with Crippen molar-refractivity contribution < 1.29 is 19.0 Å². The number of phenolic OH excluding ortho intramolecular Hbond substituents is 1. The highest BCUT2D eigenvalue weighted by Crippen LogP contribution is 2.57. The van der Waals surface area contributed by atoms with E-state index >= 15 is 0 Å². The number of ether oxygens (including phenoxy) is 2. The van der Waals surface area contributed by atoms with Gasteiger partial charge in [-0.2, -0.15) is 0 Å². The van der Waals surface area contributed by atoms with Crippen LogP contribution in [0.1, 0.15) is 37.9 Å². The first-order valence-electron chi connectivity index (χ1n) is 9.66. The van der Waals surface area contributed by atoms with Crippen molar-refractivity contribution in [3.63, 3.8) is 0 Å². The number of hydrogen-bond donors (Lipinski definition) is 1. The molecule has 28 heavy (non-hydrogen) atoms. The monoisotopic (exact) mass is 381 g/mol. The van der Waals surface area contributed by atoms with Gasteiger partial charge in [0.25, 0.3) is 0 Å². The third kappa shape index (κ3) is 2.29. The van der Waals surface area contributed by atoms with Crippen LogP contribution in [0.4, 0.5) is 4.39 Å². The molecule has 2 aromatic carbocycles. The van der Waals surface area contributed by atoms with Gasteiger partial charge in [0, 0.05) is 47.7 Å². The quantitative estimate of drug-likeness (QED) is 0.694. The van der Waals surface area contributed by atoms with Crippen molar-refractivity contribution in [1.82, 2.24) is 4.57 Å². The first-order chi connectivity index (χ1) is 13.4. The molecule has 0 unspecified atom stereocenters. The minimum absolute atomic E-state index is 0.157. The number of aromatic nitrogens is 1. The summed E-state index contributed by atoms with van der Waals surface area (Å²) in [5, 5.41) is 11.6. The van der Waals surface area contributed by atoms with E-state index in [0.717, 1.165) is 40.7 Å². The number of fused-ring (bicyclic) bond motifs is 4. The van der Waals surface area contributed by atoms with Gasteiger partial charge in [0.05, 0.1) is 18.2 Å². The summed E-state index contributed by atoms with van der Waals surface area (Å²) in [6, 6.07) is 12.1. The molecule has 2 aliphatic rings. The minimum Gasteiger partial charge on any atom is -0.507 e. The van der Waals surface area contributed by atoms with Crippen molar-refractivity contribution in [2.75, 3.05) is 13.7 Å². The second kappa shape index (κ2) is 5.82. The van der Waals surface area contributed by atoms with Crippen molar-refractivity contribution in [2.24, 2.45) is 0 Å². The predicted octanol–water partition coefficient (Wildman–Crippen LogP) is 4.79. The van der Waals surface area contributed by atoms with Gasteiger partial charge in [-0.25, -0.2) is 4.39 Å². The fourth-order valence-corrected chi connectivity index (χ4v) is 4.89. The summed E-state index contributed by atoms with van der Waals surface area (Å²) in [6.45, 7) is 4.89. The van der Waals surface area contributed by atoms with Crippen molar-refractivity contribution in [3.05, 3.63) is 59.5 Å². The second-order valence-corrected chi connectivity index (χ2v) is 8.64. The first kappa shape index (κ1) is 17.7. The van der Waals surface area contributed by atoms with Crippen LogP contribution in [0, 0.1) is 5.82 Å². The molecule has 0 bridgehead atoms. The largest absolute Gasteiger partial charge is 0.507 e. The Kier molecular flexibility index (Phi) is 3.68. The van der Waals surface area contributed by atoms with Gasteiger partial charge in [-0.15, -0.1) is 0 Å². The molecule has 3 aromatic rings. The average molecular weight is 381 g/mol. The fourth-order valence-electron chi connectivity index (χ4n) is 4.89. The lowest BCUT2D eigenvalue weighted by molar-refractivity contribution is -0.187. The Labute approximate surface area is 163 Å². The van der Waals surface area contributed by atoms with Crippen LogP contribution in [-0.4, -0.2) is 29.5 Å². The molecule has 0 radical (unpaired) electrons. The van der Waals surface area contributed by atoms with Crippen LogP contribution in [0.3, 0.4) is 0 Å². The summed E-state index contributed by atoms with van der Waals surface area (Å²) >= 11 is 0. The van der Waals surface area contributed by atoms with Crippen LogP contribution in [0.5, 0.6) is 5.75 Å². The topological polar surface area (TPSA) is 43.6 Å². The summed E-state index contributed by atoms with van der Waals surface area (Å²) in [4.78, 5) is 0. The van der Waals surface area contributed by atoms with E-state index in [2.05, 4.69) is 18.4 Å². The number of halogens is 1. The van der Waals surface area contributed by atoms with Crippen LogP contribution in [0.2, 0.25) is 0 Å². The number of rotatable bonds is 2. The van der Waals surface area contributed by atoms with Crippen molar-refractivity contribution in [3.8, 4) is 11.4 Å². The maximum absolute atomic E-state index is 13.6. The van der Waals surface area contributed by atoms with Gasteiger partial charge in [-0.1, -0.05) is 19.9 Å². The van der Waals surface area contributed by atoms with E-state index in [1.54, 1.807) is 25.3 Å². The summed E-state index contributed by atoms with van der Waals surface area (Å²) in [7, 11) is 1.73. The lowest BCUT2D eigenvalue weighted by Crippen LogP contribution is -2.53. The number of benzene rings is 2. The molecule has 4 nitrogen and oxygen atoms in total. The highest BCUT2D eigenvalue weighted by Gasteiger charge is 2.55. The number of hydrogen-bond acceptors (Lipinski definition) is 3. The molecule has 1 saturated carbocycles. The average Bonchev–Trinajstić information content (AvgIpc) is 3.00. The fraction of sp³-hybridized carbons (Fsp3) is 0.391. The Morgan fingerprint density at radius 3 is 2.54 bits per heavy atom. The smallest absolute Gasteiger partial charge is 0.125 e. The third-order valence-corrected chi connectivity index (χ3v) is 6.31. The van der Waals surface area contributed by atoms with Crippen molar-refractivity contribution in [2.45, 2.75) is 43.8 Å². The lowest BCUT2D eigenvalue weighted by atomic mass is 9.67. The molecule has 5 heteroatoms. The van der Waals surface area contributed by atoms with Gasteiger partial charge in [0.2, 0.25) is 0 Å². The third-order valence-electron chi connectivity index (χ3n) is 6.31. The lowest BCUT2D eigenvalue weighted by Gasteiger charge is -2.52. The number of phenols is 1. The van der Waals surface area contributed by atoms with Crippen molar-refractivity contribution in [1.29, 1.82) is 0 Å². The molecule has 5 rings (SSSR count). The zero-order valence-electron chi connectivity index (χ0n) is 16.3. The Morgan fingerprint density at radius 2 is 1.86 bits per heavy atom. The molecule has 1 aromatic heterocycles. The molecule has 0 saturated heterocycles. The van der Waals surface area contributed by atoms with Gasteiger partial charge in [0.15, 0.2) is 0 Å². The minimum atomic E-state index is -0.451. The van der Waals surface area contributed by atoms with Gasteiger partial charge in [0.1, 0.15) is 17.2 Å². The van der Waals surface area contributed by atoms with E-state index in [0.29, 0.717) is 6.61 Å². The standard InChI is InChI=1S/C23H24FNO3/c1-22(2)13-28-23(11-16(12-23)27-3)20-19-17(5-4-6-18(19)26)25(21(20)22)15-9-7-14(24)8-10-15/h4-10,16,26H,11-13H2,1-3H3. The van der Waals surface area contributed by atoms with E-state index in [1.807, 2.05) is 12.1 Å². The predicted molar refractivity (Wildman–Crippen MR) is 106 cm³/mol. The Balaban J connectivity index is 1.87. The summed E-state index contributed by atoms with van der Waals surface area (Å²) in [6.07, 6.45) is 1.69. The molecule has 2 heterocycles. The van der Waals surface area contributed by atoms with Crippen LogP contribution in [0.25, 0.3) is 16.6 Å². The van der Waals surface area contributed by atoms with Crippen LogP contribution in [-0.2, 0) is 20.5 Å². The number of methoxy groups -OCH3 is 1. The molecule has 1 aliphatic carbocycles. The maximum Gasteiger partial charge on any atom is 0.125 e. The second-order valence-electron chi connectivity index (χ2n) is 8.64. The molecule has 1 N–H and O–H groups in total. The zero-order chi connectivity index (χ0) is 19.7. The van der Waals surface area contributed by atoms with E-state index in [9.17, 15) is 9.50 Å². The van der Waals surface area contributed by atoms with Crippen LogP contribution >= 0.6 is 0 Å². The van der Waals surface area contributed by atoms with Gasteiger partial charge >= 0.3 is 0 Å². The molecule has 146 valence electrons. The Morgan fingerprint density at radius 1 is 1.14 bits per heavy atom. The Hall–Kier alpha value is -2.37. The van der Waals surface area contributed by atoms with Gasteiger partial charge < -0.3 is 19.1 Å². The SMILES string of the molecule is COC1CC2(C1)OCC(C)(C)c1c2c2c(O)cccc2n1-c1ccc(F)cc1. The van der Waals surface area contributed by atoms with E-state index in [-0.39, 0.29) is 23.1 Å². The van der Waals surface area contributed by atoms with E-state index in [1.165, 1.54) is 12.1 Å². The molecule has 1 spiro atoms. The zero-order valence-corrected chi connectivity index (χ0v) is 16.3. The molecular weight excluding hydrogens is 357 g/mol. The highest BCUT2D eigenvalue weighted by atomic mass is 19.1. The van der Waals surface area contributed by atoms with Crippen LogP contribution < -0.4 is 0 Å². The molecule has 0 atom stereocenters. The summed E-state index contributed by atoms with van der Waals surface area (Å²) < 4.78 is 27.7. The molecular formula is C23H24FNO3. The summed E-state index contributed by atoms with van der Waals surface area (Å²) in [5.41, 5.74) is 3.25. The van der Waals surface area contributed by atoms with E-state index < -0.39 is 5.60 Å². The number of nitrogens with zero attached hydrogens (tertiary/aromatic N) is 1. The maximum atomic E-state index is 13.6. The van der Waals surface area contributed by atoms with Gasteiger partial charge in [-0.3, -0.25) is 0 Å². The molecule has 1 fully saturated rings. The van der Waals surface area contributed by atoms with Crippen LogP contribution in [0.15, 0.2) is 42.5 Å². The van der Waals surface area contributed by atoms with E-state index in [4.69, 9.17) is 9.47 Å². The normalized spacial score (nSPS) is 25.6. The molecule has 0 amide bonds.